The van der Waals surface area contributed by atoms with E-state index in [4.69, 9.17) is 13.4 Å². The molecule has 6 heteroatoms. The lowest BCUT2D eigenvalue weighted by atomic mass is 10.3. The fourth-order valence-electron chi connectivity index (χ4n) is 1.45. The summed E-state index contributed by atoms with van der Waals surface area (Å²) in [6, 6.07) is 5.61. The Balaban J connectivity index is 1.57. The molecule has 0 unspecified atom stereocenters. The van der Waals surface area contributed by atoms with Crippen LogP contribution < -0.4 is 0 Å². The first kappa shape index (κ1) is 11.2. The maximum Gasteiger partial charge on any atom is 0.261 e. The second-order valence-corrected chi connectivity index (χ2v) is 4.59. The van der Waals surface area contributed by atoms with E-state index in [-0.39, 0.29) is 0 Å². The van der Waals surface area contributed by atoms with Gasteiger partial charge in [0.1, 0.15) is 12.0 Å². The molecular formula is C12H10N2O3S. The van der Waals surface area contributed by atoms with Crippen molar-refractivity contribution in [3.05, 3.63) is 48.6 Å². The summed E-state index contributed by atoms with van der Waals surface area (Å²) in [5, 5.41) is 3.91. The maximum atomic E-state index is 5.24. The Kier molecular flexibility index (Phi) is 3.18. The van der Waals surface area contributed by atoms with E-state index in [1.54, 1.807) is 36.6 Å². The molecular weight excluding hydrogens is 252 g/mol. The van der Waals surface area contributed by atoms with Gasteiger partial charge < -0.3 is 13.4 Å². The Morgan fingerprint density at radius 1 is 1.17 bits per heavy atom. The first-order chi connectivity index (χ1) is 8.92. The van der Waals surface area contributed by atoms with Gasteiger partial charge in [-0.1, -0.05) is 5.16 Å². The first-order valence-electron chi connectivity index (χ1n) is 5.37. The van der Waals surface area contributed by atoms with Crippen LogP contribution >= 0.6 is 11.8 Å². The number of aromatic nitrogens is 2. The largest absolute Gasteiger partial charge is 0.472 e. The molecule has 0 saturated carbocycles. The van der Waals surface area contributed by atoms with Crippen LogP contribution in [-0.2, 0) is 11.5 Å². The number of rotatable bonds is 5. The first-order valence-corrected chi connectivity index (χ1v) is 6.52. The summed E-state index contributed by atoms with van der Waals surface area (Å²) < 4.78 is 15.3. The molecule has 0 N–H and O–H groups in total. The number of nitrogens with zero attached hydrogens (tertiary/aromatic N) is 2. The van der Waals surface area contributed by atoms with E-state index in [0.29, 0.717) is 17.5 Å². The van der Waals surface area contributed by atoms with Crippen LogP contribution in [0.4, 0.5) is 0 Å². The minimum Gasteiger partial charge on any atom is -0.472 e. The molecule has 3 aromatic rings. The van der Waals surface area contributed by atoms with E-state index in [1.807, 2.05) is 12.1 Å². The molecule has 0 bridgehead atoms. The van der Waals surface area contributed by atoms with Gasteiger partial charge in [0.25, 0.3) is 5.89 Å². The predicted octanol–water partition coefficient (Wildman–Crippen LogP) is 3.36. The van der Waals surface area contributed by atoms with Crippen molar-refractivity contribution in [1.82, 2.24) is 10.1 Å². The lowest BCUT2D eigenvalue weighted by Gasteiger charge is -1.93. The topological polar surface area (TPSA) is 65.2 Å². The zero-order valence-electron chi connectivity index (χ0n) is 9.41. The molecule has 0 aliphatic rings. The van der Waals surface area contributed by atoms with Gasteiger partial charge in [-0.25, -0.2) is 0 Å². The fourth-order valence-corrected chi connectivity index (χ4v) is 2.22. The fraction of sp³-hybridized carbons (Fsp3) is 0.167. The summed E-state index contributed by atoms with van der Waals surface area (Å²) in [6.45, 7) is 0. The summed E-state index contributed by atoms with van der Waals surface area (Å²) in [5.74, 6) is 3.57. The second-order valence-electron chi connectivity index (χ2n) is 3.60. The van der Waals surface area contributed by atoms with E-state index in [2.05, 4.69) is 10.1 Å². The maximum absolute atomic E-state index is 5.24. The smallest absolute Gasteiger partial charge is 0.261 e. The molecule has 18 heavy (non-hydrogen) atoms. The summed E-state index contributed by atoms with van der Waals surface area (Å²) in [4.78, 5) is 4.28. The quantitative estimate of drug-likeness (QED) is 0.702. The van der Waals surface area contributed by atoms with Crippen LogP contribution in [0.1, 0.15) is 11.6 Å². The minimum atomic E-state index is 0.484. The van der Waals surface area contributed by atoms with E-state index in [9.17, 15) is 0 Å². The van der Waals surface area contributed by atoms with Crippen molar-refractivity contribution in [2.45, 2.75) is 11.5 Å². The summed E-state index contributed by atoms with van der Waals surface area (Å²) in [5.41, 5.74) is 0.796. The van der Waals surface area contributed by atoms with Crippen molar-refractivity contribution >= 4 is 11.8 Å². The van der Waals surface area contributed by atoms with Crippen LogP contribution in [0, 0.1) is 0 Å². The third-order valence-electron chi connectivity index (χ3n) is 2.29. The highest BCUT2D eigenvalue weighted by molar-refractivity contribution is 7.97. The predicted molar refractivity (Wildman–Crippen MR) is 65.7 cm³/mol. The Morgan fingerprint density at radius 2 is 2.17 bits per heavy atom. The van der Waals surface area contributed by atoms with Gasteiger partial charge in [-0.15, -0.1) is 11.8 Å². The third kappa shape index (κ3) is 2.48. The van der Waals surface area contributed by atoms with Crippen LogP contribution in [0.25, 0.3) is 11.5 Å². The summed E-state index contributed by atoms with van der Waals surface area (Å²) in [6.07, 6.45) is 4.82. The zero-order chi connectivity index (χ0) is 12.2. The SMILES string of the molecule is c1coc(CSCc2noc(-c3ccoc3)n2)c1. The molecule has 0 saturated heterocycles. The lowest BCUT2D eigenvalue weighted by Crippen LogP contribution is -1.84. The highest BCUT2D eigenvalue weighted by atomic mass is 32.2. The average molecular weight is 262 g/mol. The van der Waals surface area contributed by atoms with Crippen LogP contribution in [0.5, 0.6) is 0 Å². The van der Waals surface area contributed by atoms with E-state index in [1.165, 1.54) is 0 Å². The lowest BCUT2D eigenvalue weighted by molar-refractivity contribution is 0.424. The van der Waals surface area contributed by atoms with Gasteiger partial charge in [-0.05, 0) is 18.2 Å². The highest BCUT2D eigenvalue weighted by Gasteiger charge is 2.09. The van der Waals surface area contributed by atoms with Gasteiger partial charge in [0.15, 0.2) is 5.82 Å². The normalized spacial score (nSPS) is 10.9. The molecule has 0 aromatic carbocycles. The molecule has 3 aromatic heterocycles. The number of hydrogen-bond acceptors (Lipinski definition) is 6. The molecule has 0 amide bonds. The van der Waals surface area contributed by atoms with Gasteiger partial charge >= 0.3 is 0 Å². The van der Waals surface area contributed by atoms with Crippen molar-refractivity contribution in [3.8, 4) is 11.5 Å². The molecule has 0 atom stereocenters. The Labute approximate surface area is 107 Å². The van der Waals surface area contributed by atoms with Crippen molar-refractivity contribution < 1.29 is 13.4 Å². The van der Waals surface area contributed by atoms with Crippen molar-refractivity contribution in [1.29, 1.82) is 0 Å². The molecule has 0 fully saturated rings. The van der Waals surface area contributed by atoms with Crippen LogP contribution in [0.2, 0.25) is 0 Å². The van der Waals surface area contributed by atoms with Gasteiger partial charge in [0, 0.05) is 0 Å². The molecule has 0 spiro atoms. The van der Waals surface area contributed by atoms with Crippen LogP contribution in [-0.4, -0.2) is 10.1 Å². The van der Waals surface area contributed by atoms with E-state index < -0.39 is 0 Å². The Hall–Kier alpha value is -1.95. The molecule has 92 valence electrons. The molecule has 5 nitrogen and oxygen atoms in total. The molecule has 0 aliphatic heterocycles. The number of thioether (sulfide) groups is 1. The zero-order valence-corrected chi connectivity index (χ0v) is 10.2. The van der Waals surface area contributed by atoms with E-state index >= 15 is 0 Å². The minimum absolute atomic E-state index is 0.484. The Morgan fingerprint density at radius 3 is 2.94 bits per heavy atom. The van der Waals surface area contributed by atoms with Gasteiger partial charge in [0.2, 0.25) is 0 Å². The molecule has 3 rings (SSSR count). The molecule has 0 aliphatic carbocycles. The monoisotopic (exact) mass is 262 g/mol. The van der Waals surface area contributed by atoms with Gasteiger partial charge in [0.05, 0.1) is 29.6 Å². The molecule has 3 heterocycles. The summed E-state index contributed by atoms with van der Waals surface area (Å²) >= 11 is 1.67. The number of furan rings is 2. The summed E-state index contributed by atoms with van der Waals surface area (Å²) in [7, 11) is 0. The van der Waals surface area contributed by atoms with Crippen LogP contribution in [0.15, 0.2) is 50.3 Å². The standard InChI is InChI=1S/C12H10N2O3S/c1-2-10(16-4-1)7-18-8-11-13-12(17-14-11)9-3-5-15-6-9/h1-6H,7-8H2. The average Bonchev–Trinajstić information content (AvgIpc) is 3.12. The van der Waals surface area contributed by atoms with Crippen molar-refractivity contribution in [2.24, 2.45) is 0 Å². The van der Waals surface area contributed by atoms with Gasteiger partial charge in [-0.2, -0.15) is 4.98 Å². The van der Waals surface area contributed by atoms with E-state index in [0.717, 1.165) is 17.1 Å². The van der Waals surface area contributed by atoms with Crippen molar-refractivity contribution in [3.63, 3.8) is 0 Å². The van der Waals surface area contributed by atoms with Crippen molar-refractivity contribution in [2.75, 3.05) is 0 Å². The highest BCUT2D eigenvalue weighted by Crippen LogP contribution is 2.20. The second kappa shape index (κ2) is 5.14. The third-order valence-corrected chi connectivity index (χ3v) is 3.24. The molecule has 0 radical (unpaired) electrons. The number of hydrogen-bond donors (Lipinski definition) is 0. The van der Waals surface area contributed by atoms with Crippen LogP contribution in [0.3, 0.4) is 0 Å². The van der Waals surface area contributed by atoms with Gasteiger partial charge in [-0.3, -0.25) is 0 Å². The Bertz CT molecular complexity index is 587.